The molecule has 20 heavy (non-hydrogen) atoms. The average Bonchev–Trinajstić information content (AvgIpc) is 2.46. The quantitative estimate of drug-likeness (QED) is 0.871. The first-order valence-electron chi connectivity index (χ1n) is 5.91. The third-order valence-electron chi connectivity index (χ3n) is 2.54. The van der Waals surface area contributed by atoms with E-state index >= 15 is 0 Å². The van der Waals surface area contributed by atoms with E-state index in [1.54, 1.807) is 37.7 Å². The molecule has 2 aromatic rings. The van der Waals surface area contributed by atoms with Crippen molar-refractivity contribution in [1.82, 2.24) is 4.98 Å². The minimum absolute atomic E-state index is 0.222. The first kappa shape index (κ1) is 14.3. The number of carbonyl (C=O) groups excluding carboxylic acids is 1. The van der Waals surface area contributed by atoms with Crippen molar-refractivity contribution in [2.45, 2.75) is 0 Å². The molecule has 1 aromatic carbocycles. The molecule has 4 nitrogen and oxygen atoms in total. The van der Waals surface area contributed by atoms with Gasteiger partial charge in [-0.15, -0.1) is 0 Å². The first-order valence-corrected chi connectivity index (χ1v) is 6.71. The summed E-state index contributed by atoms with van der Waals surface area (Å²) >= 11 is 3.39. The van der Waals surface area contributed by atoms with Gasteiger partial charge in [-0.1, -0.05) is 15.9 Å². The van der Waals surface area contributed by atoms with E-state index in [9.17, 15) is 4.79 Å². The normalized spacial score (nSPS) is 10.5. The molecule has 5 heteroatoms. The number of rotatable bonds is 4. The fourth-order valence-corrected chi connectivity index (χ4v) is 2.00. The molecule has 0 aliphatic carbocycles. The number of nitrogens with zero attached hydrogens (tertiary/aromatic N) is 1. The predicted molar refractivity (Wildman–Crippen MR) is 82.6 cm³/mol. The van der Waals surface area contributed by atoms with Gasteiger partial charge in [-0.05, 0) is 36.4 Å². The third kappa shape index (κ3) is 3.93. The van der Waals surface area contributed by atoms with Crippen LogP contribution in [0.25, 0.3) is 6.08 Å². The molecule has 0 aliphatic rings. The summed E-state index contributed by atoms with van der Waals surface area (Å²) in [7, 11) is 1.59. The number of aromatic nitrogens is 1. The maximum Gasteiger partial charge on any atom is 0.248 e. The van der Waals surface area contributed by atoms with Crippen molar-refractivity contribution in [1.29, 1.82) is 0 Å². The summed E-state index contributed by atoms with van der Waals surface area (Å²) in [6, 6.07) is 9.14. The molecule has 0 radical (unpaired) electrons. The molecule has 102 valence electrons. The van der Waals surface area contributed by atoms with Gasteiger partial charge >= 0.3 is 0 Å². The third-order valence-corrected chi connectivity index (χ3v) is 3.03. The Morgan fingerprint density at radius 3 is 2.95 bits per heavy atom. The summed E-state index contributed by atoms with van der Waals surface area (Å²) in [5.74, 6) is 0.485. The Labute approximate surface area is 125 Å². The highest BCUT2D eigenvalue weighted by Crippen LogP contribution is 2.24. The largest absolute Gasteiger partial charge is 0.496 e. The minimum Gasteiger partial charge on any atom is -0.496 e. The van der Waals surface area contributed by atoms with Crippen LogP contribution in [0.1, 0.15) is 5.56 Å². The van der Waals surface area contributed by atoms with Crippen LogP contribution in [-0.2, 0) is 4.79 Å². The highest BCUT2D eigenvalue weighted by Gasteiger charge is 2.02. The fourth-order valence-electron chi connectivity index (χ4n) is 1.62. The lowest BCUT2D eigenvalue weighted by Gasteiger charge is -2.05. The lowest BCUT2D eigenvalue weighted by atomic mass is 10.2. The predicted octanol–water partition coefficient (Wildman–Crippen LogP) is 3.50. The summed E-state index contributed by atoms with van der Waals surface area (Å²) in [5, 5.41) is 2.72. The number of halogens is 1. The van der Waals surface area contributed by atoms with Crippen LogP contribution < -0.4 is 10.1 Å². The van der Waals surface area contributed by atoms with Crippen molar-refractivity contribution in [2.24, 2.45) is 0 Å². The van der Waals surface area contributed by atoms with Crippen molar-refractivity contribution < 1.29 is 9.53 Å². The van der Waals surface area contributed by atoms with Gasteiger partial charge < -0.3 is 10.1 Å². The second kappa shape index (κ2) is 6.86. The van der Waals surface area contributed by atoms with Gasteiger partial charge in [0.1, 0.15) is 5.75 Å². The molecule has 1 aromatic heterocycles. The van der Waals surface area contributed by atoms with E-state index in [1.165, 1.54) is 6.08 Å². The molecule has 0 spiro atoms. The second-order valence-electron chi connectivity index (χ2n) is 3.95. The van der Waals surface area contributed by atoms with Crippen LogP contribution in [-0.4, -0.2) is 18.0 Å². The number of ether oxygens (including phenoxy) is 1. The zero-order chi connectivity index (χ0) is 14.4. The Morgan fingerprint density at radius 1 is 1.40 bits per heavy atom. The second-order valence-corrected chi connectivity index (χ2v) is 4.87. The maximum atomic E-state index is 11.8. The Bertz CT molecular complexity index is 627. The van der Waals surface area contributed by atoms with Crippen LogP contribution >= 0.6 is 15.9 Å². The highest BCUT2D eigenvalue weighted by atomic mass is 79.9. The SMILES string of the molecule is COc1ccc(Br)cc1C=CC(=O)Nc1cccnc1. The van der Waals surface area contributed by atoms with E-state index in [2.05, 4.69) is 26.2 Å². The van der Waals surface area contributed by atoms with Crippen LogP contribution in [0.15, 0.2) is 53.3 Å². The zero-order valence-electron chi connectivity index (χ0n) is 10.8. The summed E-state index contributed by atoms with van der Waals surface area (Å²) in [6.07, 6.45) is 6.40. The molecule has 0 bridgehead atoms. The van der Waals surface area contributed by atoms with Crippen LogP contribution in [0.3, 0.4) is 0 Å². The van der Waals surface area contributed by atoms with Gasteiger partial charge in [0.05, 0.1) is 19.0 Å². The summed E-state index contributed by atoms with van der Waals surface area (Å²) < 4.78 is 6.16. The van der Waals surface area contributed by atoms with E-state index in [0.717, 1.165) is 10.0 Å². The Kier molecular flexibility index (Phi) is 4.90. The maximum absolute atomic E-state index is 11.8. The monoisotopic (exact) mass is 332 g/mol. The molecule has 2 rings (SSSR count). The lowest BCUT2D eigenvalue weighted by molar-refractivity contribution is -0.111. The van der Waals surface area contributed by atoms with Crippen molar-refractivity contribution in [3.05, 3.63) is 58.8 Å². The number of carbonyl (C=O) groups is 1. The van der Waals surface area contributed by atoms with Gasteiger partial charge in [-0.25, -0.2) is 0 Å². The molecular formula is C15H13BrN2O2. The zero-order valence-corrected chi connectivity index (χ0v) is 12.4. The molecule has 1 N–H and O–H groups in total. The molecule has 0 saturated heterocycles. The number of hydrogen-bond donors (Lipinski definition) is 1. The summed E-state index contributed by atoms with van der Waals surface area (Å²) in [5.41, 5.74) is 1.48. The average molecular weight is 333 g/mol. The van der Waals surface area contributed by atoms with Crippen LogP contribution in [0.4, 0.5) is 5.69 Å². The Morgan fingerprint density at radius 2 is 2.25 bits per heavy atom. The van der Waals surface area contributed by atoms with Gasteiger partial charge in [0.15, 0.2) is 0 Å². The van der Waals surface area contributed by atoms with Crippen molar-refractivity contribution in [2.75, 3.05) is 12.4 Å². The topological polar surface area (TPSA) is 51.2 Å². The molecule has 0 unspecified atom stereocenters. The van der Waals surface area contributed by atoms with Gasteiger partial charge in [0.2, 0.25) is 5.91 Å². The molecule has 0 fully saturated rings. The van der Waals surface area contributed by atoms with E-state index in [-0.39, 0.29) is 5.91 Å². The standard InChI is InChI=1S/C15H13BrN2O2/c1-20-14-6-5-12(16)9-11(14)4-7-15(19)18-13-3-2-8-17-10-13/h2-10H,1H3,(H,18,19). The van der Waals surface area contributed by atoms with Gasteiger partial charge in [0, 0.05) is 22.3 Å². The highest BCUT2D eigenvalue weighted by molar-refractivity contribution is 9.10. The lowest BCUT2D eigenvalue weighted by Crippen LogP contribution is -2.07. The fraction of sp³-hybridized carbons (Fsp3) is 0.0667. The molecule has 0 saturated carbocycles. The number of pyridine rings is 1. The molecular weight excluding hydrogens is 320 g/mol. The molecule has 0 aliphatic heterocycles. The number of nitrogens with one attached hydrogen (secondary N) is 1. The van der Waals surface area contributed by atoms with Gasteiger partial charge in [-0.2, -0.15) is 0 Å². The van der Waals surface area contributed by atoms with Crippen LogP contribution in [0, 0.1) is 0 Å². The van der Waals surface area contributed by atoms with Crippen LogP contribution in [0.5, 0.6) is 5.75 Å². The van der Waals surface area contributed by atoms with Gasteiger partial charge in [-0.3, -0.25) is 9.78 Å². The number of anilines is 1. The Balaban J connectivity index is 2.09. The minimum atomic E-state index is -0.222. The summed E-state index contributed by atoms with van der Waals surface area (Å²) in [4.78, 5) is 15.7. The smallest absolute Gasteiger partial charge is 0.248 e. The van der Waals surface area contributed by atoms with E-state index in [1.807, 2.05) is 18.2 Å². The number of methoxy groups -OCH3 is 1. The van der Waals surface area contributed by atoms with E-state index in [0.29, 0.717) is 11.4 Å². The summed E-state index contributed by atoms with van der Waals surface area (Å²) in [6.45, 7) is 0. The van der Waals surface area contributed by atoms with Gasteiger partial charge in [0.25, 0.3) is 0 Å². The number of benzene rings is 1. The number of amides is 1. The van der Waals surface area contributed by atoms with Crippen molar-refractivity contribution >= 4 is 33.6 Å². The van der Waals surface area contributed by atoms with E-state index < -0.39 is 0 Å². The molecule has 1 heterocycles. The molecule has 0 atom stereocenters. The first-order chi connectivity index (χ1) is 9.69. The number of hydrogen-bond acceptors (Lipinski definition) is 3. The van der Waals surface area contributed by atoms with E-state index in [4.69, 9.17) is 4.74 Å². The Hall–Kier alpha value is -2.14. The van der Waals surface area contributed by atoms with Crippen molar-refractivity contribution in [3.8, 4) is 5.75 Å². The van der Waals surface area contributed by atoms with Crippen molar-refractivity contribution in [3.63, 3.8) is 0 Å². The molecule has 1 amide bonds. The van der Waals surface area contributed by atoms with Crippen LogP contribution in [0.2, 0.25) is 0 Å².